The van der Waals surface area contributed by atoms with Crippen molar-refractivity contribution in [2.24, 2.45) is 5.92 Å². The number of ether oxygens (including phenoxy) is 1. The van der Waals surface area contributed by atoms with Gasteiger partial charge in [-0.3, -0.25) is 0 Å². The van der Waals surface area contributed by atoms with E-state index in [1.54, 1.807) is 0 Å². The van der Waals surface area contributed by atoms with Crippen LogP contribution in [-0.4, -0.2) is 39.5 Å². The molecule has 0 aliphatic carbocycles. The third-order valence-electron chi connectivity index (χ3n) is 4.30. The van der Waals surface area contributed by atoms with E-state index in [-0.39, 0.29) is 12.3 Å². The SMILES string of the molecule is CCCCC(NC(=O)O[C@H](Cc1nnc(-c2ccccc2)o1)C(C)C)C(=O)O. The monoisotopic (exact) mass is 389 g/mol. The average molecular weight is 389 g/mol. The zero-order valence-electron chi connectivity index (χ0n) is 16.4. The molecule has 0 fully saturated rings. The summed E-state index contributed by atoms with van der Waals surface area (Å²) >= 11 is 0. The third kappa shape index (κ3) is 6.37. The van der Waals surface area contributed by atoms with Crippen molar-refractivity contribution in [1.29, 1.82) is 0 Å². The highest BCUT2D eigenvalue weighted by molar-refractivity contribution is 5.79. The molecule has 2 aromatic rings. The van der Waals surface area contributed by atoms with Gasteiger partial charge in [-0.05, 0) is 24.5 Å². The Morgan fingerprint density at radius 2 is 1.93 bits per heavy atom. The number of aromatic nitrogens is 2. The second-order valence-electron chi connectivity index (χ2n) is 6.94. The number of nitrogens with zero attached hydrogens (tertiary/aromatic N) is 2. The molecular weight excluding hydrogens is 362 g/mol. The van der Waals surface area contributed by atoms with Gasteiger partial charge in [-0.15, -0.1) is 10.2 Å². The minimum atomic E-state index is -1.07. The van der Waals surface area contributed by atoms with Gasteiger partial charge in [0.25, 0.3) is 0 Å². The molecule has 0 aliphatic rings. The first-order valence-corrected chi connectivity index (χ1v) is 9.48. The van der Waals surface area contributed by atoms with E-state index in [4.69, 9.17) is 9.15 Å². The van der Waals surface area contributed by atoms with Gasteiger partial charge < -0.3 is 19.6 Å². The molecular formula is C20H27N3O5. The normalized spacial score (nSPS) is 13.1. The van der Waals surface area contributed by atoms with E-state index in [0.29, 0.717) is 24.6 Å². The Hall–Kier alpha value is -2.90. The van der Waals surface area contributed by atoms with Crippen LogP contribution < -0.4 is 5.32 Å². The standard InChI is InChI=1S/C20H27N3O5/c1-4-5-11-15(19(24)25)21-20(26)27-16(13(2)3)12-17-22-23-18(28-17)14-9-7-6-8-10-14/h6-10,13,15-16H,4-5,11-12H2,1-3H3,(H,21,26)(H,24,25)/t15?,16-/m1/s1. The molecule has 8 heteroatoms. The van der Waals surface area contributed by atoms with Gasteiger partial charge in [0, 0.05) is 5.56 Å². The summed E-state index contributed by atoms with van der Waals surface area (Å²) in [5.41, 5.74) is 0.807. The first kappa shape index (κ1) is 21.4. The van der Waals surface area contributed by atoms with Crippen molar-refractivity contribution in [3.05, 3.63) is 36.2 Å². The predicted octanol–water partition coefficient (Wildman–Crippen LogP) is 3.67. The highest BCUT2D eigenvalue weighted by Crippen LogP contribution is 2.20. The molecule has 8 nitrogen and oxygen atoms in total. The number of hydrogen-bond acceptors (Lipinski definition) is 6. The molecule has 152 valence electrons. The summed E-state index contributed by atoms with van der Waals surface area (Å²) in [6, 6.07) is 8.41. The predicted molar refractivity (Wildman–Crippen MR) is 103 cm³/mol. The average Bonchev–Trinajstić information content (AvgIpc) is 3.13. The van der Waals surface area contributed by atoms with E-state index in [0.717, 1.165) is 12.0 Å². The number of rotatable bonds is 10. The smallest absolute Gasteiger partial charge is 0.408 e. The Balaban J connectivity index is 1.98. The number of amides is 1. The van der Waals surface area contributed by atoms with Crippen LogP contribution in [0.3, 0.4) is 0 Å². The van der Waals surface area contributed by atoms with E-state index < -0.39 is 24.2 Å². The van der Waals surface area contributed by atoms with Gasteiger partial charge in [0.2, 0.25) is 11.8 Å². The maximum absolute atomic E-state index is 12.2. The summed E-state index contributed by atoms with van der Waals surface area (Å²) in [6.45, 7) is 5.76. The highest BCUT2D eigenvalue weighted by Gasteiger charge is 2.25. The van der Waals surface area contributed by atoms with Crippen molar-refractivity contribution < 1.29 is 23.8 Å². The van der Waals surface area contributed by atoms with Gasteiger partial charge >= 0.3 is 12.1 Å². The molecule has 0 saturated carbocycles. The number of carbonyl (C=O) groups is 2. The van der Waals surface area contributed by atoms with E-state index >= 15 is 0 Å². The van der Waals surface area contributed by atoms with Crippen LogP contribution in [0.1, 0.15) is 45.9 Å². The van der Waals surface area contributed by atoms with Gasteiger partial charge in [-0.1, -0.05) is 51.8 Å². The molecule has 1 aromatic heterocycles. The topological polar surface area (TPSA) is 115 Å². The Bertz CT molecular complexity index is 760. The largest absolute Gasteiger partial charge is 0.480 e. The highest BCUT2D eigenvalue weighted by atomic mass is 16.6. The number of benzene rings is 1. The number of carboxylic acid groups (broad SMARTS) is 1. The summed E-state index contributed by atoms with van der Waals surface area (Å²) in [4.78, 5) is 23.5. The lowest BCUT2D eigenvalue weighted by molar-refractivity contribution is -0.139. The van der Waals surface area contributed by atoms with Crippen LogP contribution in [0.15, 0.2) is 34.7 Å². The Morgan fingerprint density at radius 3 is 2.54 bits per heavy atom. The molecule has 2 N–H and O–H groups in total. The quantitative estimate of drug-likeness (QED) is 0.637. The number of unbranched alkanes of at least 4 members (excludes halogenated alkanes) is 1. The number of hydrogen-bond donors (Lipinski definition) is 2. The second-order valence-corrected chi connectivity index (χ2v) is 6.94. The molecule has 1 aromatic carbocycles. The van der Waals surface area contributed by atoms with Gasteiger partial charge in [-0.2, -0.15) is 0 Å². The van der Waals surface area contributed by atoms with E-state index in [1.807, 2.05) is 51.1 Å². The summed E-state index contributed by atoms with van der Waals surface area (Å²) < 4.78 is 11.1. The Morgan fingerprint density at radius 1 is 1.21 bits per heavy atom. The van der Waals surface area contributed by atoms with Crippen molar-refractivity contribution >= 4 is 12.1 Å². The van der Waals surface area contributed by atoms with Crippen molar-refractivity contribution in [2.75, 3.05) is 0 Å². The van der Waals surface area contributed by atoms with Crippen molar-refractivity contribution in [3.8, 4) is 11.5 Å². The maximum atomic E-state index is 12.2. The van der Waals surface area contributed by atoms with Gasteiger partial charge in [0.05, 0.1) is 6.42 Å². The molecule has 0 aliphatic heterocycles. The maximum Gasteiger partial charge on any atom is 0.408 e. The summed E-state index contributed by atoms with van der Waals surface area (Å²) in [5, 5.41) is 19.7. The van der Waals surface area contributed by atoms with Crippen LogP contribution in [-0.2, 0) is 16.0 Å². The number of nitrogens with one attached hydrogen (secondary N) is 1. The van der Waals surface area contributed by atoms with Crippen LogP contribution >= 0.6 is 0 Å². The fraction of sp³-hybridized carbons (Fsp3) is 0.500. The molecule has 0 spiro atoms. The van der Waals surface area contributed by atoms with E-state index in [2.05, 4.69) is 15.5 Å². The fourth-order valence-corrected chi connectivity index (χ4v) is 2.60. The minimum Gasteiger partial charge on any atom is -0.480 e. The fourth-order valence-electron chi connectivity index (χ4n) is 2.60. The summed E-state index contributed by atoms with van der Waals surface area (Å²) in [5.74, 6) is -0.341. The van der Waals surface area contributed by atoms with Crippen LogP contribution in [0.25, 0.3) is 11.5 Å². The van der Waals surface area contributed by atoms with E-state index in [9.17, 15) is 14.7 Å². The summed E-state index contributed by atoms with van der Waals surface area (Å²) in [6.07, 6.45) is 0.870. The Labute approximate surface area is 164 Å². The molecule has 2 rings (SSSR count). The van der Waals surface area contributed by atoms with Crippen LogP contribution in [0.5, 0.6) is 0 Å². The lowest BCUT2D eigenvalue weighted by atomic mass is 10.0. The van der Waals surface area contributed by atoms with Crippen LogP contribution in [0, 0.1) is 5.92 Å². The molecule has 0 bridgehead atoms. The van der Waals surface area contributed by atoms with Crippen molar-refractivity contribution in [3.63, 3.8) is 0 Å². The molecule has 1 unspecified atom stereocenters. The van der Waals surface area contributed by atoms with Gasteiger partial charge in [0.1, 0.15) is 12.1 Å². The van der Waals surface area contributed by atoms with Crippen LogP contribution in [0.2, 0.25) is 0 Å². The van der Waals surface area contributed by atoms with Gasteiger partial charge in [-0.25, -0.2) is 9.59 Å². The third-order valence-corrected chi connectivity index (χ3v) is 4.30. The molecule has 2 atom stereocenters. The first-order valence-electron chi connectivity index (χ1n) is 9.48. The van der Waals surface area contributed by atoms with E-state index in [1.165, 1.54) is 0 Å². The molecule has 0 radical (unpaired) electrons. The lowest BCUT2D eigenvalue weighted by Crippen LogP contribution is -2.43. The Kier molecular flexibility index (Phi) is 7.98. The zero-order valence-corrected chi connectivity index (χ0v) is 16.4. The van der Waals surface area contributed by atoms with Crippen molar-refractivity contribution in [1.82, 2.24) is 15.5 Å². The van der Waals surface area contributed by atoms with Crippen molar-refractivity contribution in [2.45, 2.75) is 58.6 Å². The van der Waals surface area contributed by atoms with Gasteiger partial charge in [0.15, 0.2) is 0 Å². The molecule has 1 amide bonds. The number of aliphatic carboxylic acids is 1. The molecule has 0 saturated heterocycles. The minimum absolute atomic E-state index is 0.0169. The zero-order chi connectivity index (χ0) is 20.5. The first-order chi connectivity index (χ1) is 13.4. The molecule has 1 heterocycles. The lowest BCUT2D eigenvalue weighted by Gasteiger charge is -2.22. The number of carboxylic acids is 1. The number of alkyl carbamates (subject to hydrolysis) is 1. The second kappa shape index (κ2) is 10.4. The van der Waals surface area contributed by atoms with Crippen LogP contribution in [0.4, 0.5) is 4.79 Å². The summed E-state index contributed by atoms with van der Waals surface area (Å²) in [7, 11) is 0. The number of carbonyl (C=O) groups excluding carboxylic acids is 1. The molecule has 28 heavy (non-hydrogen) atoms.